The predicted octanol–water partition coefficient (Wildman–Crippen LogP) is 6.90. The van der Waals surface area contributed by atoms with E-state index in [1.54, 1.807) is 0 Å². The molecule has 0 aliphatic carbocycles. The highest BCUT2D eigenvalue weighted by molar-refractivity contribution is 7.20. The van der Waals surface area contributed by atoms with Crippen molar-refractivity contribution in [3.8, 4) is 5.75 Å². The number of ether oxygens (including phenoxy) is 2. The van der Waals surface area contributed by atoms with Gasteiger partial charge < -0.3 is 15.2 Å². The lowest BCUT2D eigenvalue weighted by Crippen LogP contribution is -2.21. The minimum atomic E-state index is -0.538. The van der Waals surface area contributed by atoms with E-state index in [1.807, 2.05) is 78.9 Å². The van der Waals surface area contributed by atoms with Crippen molar-refractivity contribution in [1.29, 1.82) is 5.41 Å². The number of anilines is 1. The summed E-state index contributed by atoms with van der Waals surface area (Å²) in [6.45, 7) is 2.20. The summed E-state index contributed by atoms with van der Waals surface area (Å²) < 4.78 is 12.9. The number of carbonyl (C=O) groups is 1. The lowest BCUT2D eigenvalue weighted by molar-refractivity contribution is 0.0910. The molecule has 1 unspecified atom stereocenters. The highest BCUT2D eigenvalue weighted by atomic mass is 32.1. The zero-order chi connectivity index (χ0) is 24.6. The molecule has 1 atom stereocenters. The lowest BCUT2D eigenvalue weighted by atomic mass is 10.1. The van der Waals surface area contributed by atoms with E-state index in [1.165, 1.54) is 16.9 Å². The fourth-order valence-electron chi connectivity index (χ4n) is 3.73. The Labute approximate surface area is 209 Å². The Morgan fingerprint density at radius 2 is 1.83 bits per heavy atom. The van der Waals surface area contributed by atoms with Crippen molar-refractivity contribution >= 4 is 39.0 Å². The first kappa shape index (κ1) is 24.3. The van der Waals surface area contributed by atoms with Crippen molar-refractivity contribution in [3.63, 3.8) is 0 Å². The smallest absolute Gasteiger partial charge is 0.411 e. The Bertz CT molecular complexity index is 1290. The van der Waals surface area contributed by atoms with Crippen molar-refractivity contribution in [1.82, 2.24) is 0 Å². The number of carbonyl (C=O) groups excluding carboxylic acids is 1. The summed E-state index contributed by atoms with van der Waals surface area (Å²) in [6.07, 6.45) is 2.27. The van der Waals surface area contributed by atoms with Gasteiger partial charge in [-0.2, -0.15) is 0 Å². The number of rotatable bonds is 10. The monoisotopic (exact) mass is 487 g/mol. The molecule has 35 heavy (non-hydrogen) atoms. The second kappa shape index (κ2) is 11.5. The summed E-state index contributed by atoms with van der Waals surface area (Å²) in [5.74, 6) is 0.668. The van der Waals surface area contributed by atoms with Crippen molar-refractivity contribution in [2.24, 2.45) is 5.73 Å². The Kier molecular flexibility index (Phi) is 8.00. The Balaban J connectivity index is 1.46. The van der Waals surface area contributed by atoms with Crippen LogP contribution < -0.4 is 15.8 Å². The van der Waals surface area contributed by atoms with Crippen LogP contribution in [0.5, 0.6) is 5.75 Å². The minimum absolute atomic E-state index is 0.0233. The summed E-state index contributed by atoms with van der Waals surface area (Å²) in [5.41, 5.74) is 8.51. The van der Waals surface area contributed by atoms with E-state index in [-0.39, 0.29) is 12.4 Å². The molecule has 0 saturated carbocycles. The first-order valence-electron chi connectivity index (χ1n) is 11.6. The summed E-state index contributed by atoms with van der Waals surface area (Å²) in [5, 5.41) is 11.4. The molecule has 3 aromatic carbocycles. The van der Waals surface area contributed by atoms with Gasteiger partial charge in [0.1, 0.15) is 18.2 Å². The van der Waals surface area contributed by atoms with E-state index in [0.717, 1.165) is 34.9 Å². The van der Waals surface area contributed by atoms with Gasteiger partial charge in [0.15, 0.2) is 6.10 Å². The maximum atomic E-state index is 12.5. The Hall–Kier alpha value is -3.84. The fraction of sp³-hybridized carbons (Fsp3) is 0.214. The van der Waals surface area contributed by atoms with Crippen molar-refractivity contribution in [2.75, 3.05) is 11.9 Å². The van der Waals surface area contributed by atoms with Gasteiger partial charge in [-0.1, -0.05) is 61.9 Å². The van der Waals surface area contributed by atoms with Gasteiger partial charge in [0.25, 0.3) is 0 Å². The van der Waals surface area contributed by atoms with Gasteiger partial charge in [-0.05, 0) is 54.3 Å². The molecule has 0 bridgehead atoms. The molecule has 6 nitrogen and oxygen atoms in total. The number of unbranched alkanes of at least 4 members (excludes halogenated alkanes) is 1. The van der Waals surface area contributed by atoms with Crippen molar-refractivity contribution in [2.45, 2.75) is 32.3 Å². The van der Waals surface area contributed by atoms with Crippen molar-refractivity contribution in [3.05, 3.63) is 94.9 Å². The molecule has 7 heteroatoms. The number of benzene rings is 3. The second-order valence-corrected chi connectivity index (χ2v) is 9.32. The van der Waals surface area contributed by atoms with Gasteiger partial charge in [0, 0.05) is 15.8 Å². The van der Waals surface area contributed by atoms with E-state index in [4.69, 9.17) is 20.6 Å². The van der Waals surface area contributed by atoms with E-state index in [9.17, 15) is 4.79 Å². The average Bonchev–Trinajstić information content (AvgIpc) is 3.32. The van der Waals surface area contributed by atoms with Crippen molar-refractivity contribution < 1.29 is 14.3 Å². The summed E-state index contributed by atoms with van der Waals surface area (Å²) >= 11 is 1.44. The number of hydrogen-bond acceptors (Lipinski definition) is 5. The molecule has 0 fully saturated rings. The molecule has 1 amide bonds. The third kappa shape index (κ3) is 6.39. The van der Waals surface area contributed by atoms with Gasteiger partial charge in [0.2, 0.25) is 0 Å². The van der Waals surface area contributed by atoms with Crippen LogP contribution >= 0.6 is 11.3 Å². The van der Waals surface area contributed by atoms with Crippen LogP contribution in [0.3, 0.4) is 0 Å². The molecule has 1 aromatic heterocycles. The molecule has 0 saturated heterocycles. The summed E-state index contributed by atoms with van der Waals surface area (Å²) in [7, 11) is 0. The van der Waals surface area contributed by atoms with E-state index >= 15 is 0 Å². The molecule has 4 N–H and O–H groups in total. The number of nitrogen functional groups attached to an aromatic ring is 1. The molecular weight excluding hydrogens is 458 g/mol. The highest BCUT2D eigenvalue weighted by Crippen LogP contribution is 2.35. The van der Waals surface area contributed by atoms with Crippen LogP contribution in [-0.4, -0.2) is 18.5 Å². The number of hydrogen-bond donors (Lipinski definition) is 3. The van der Waals surface area contributed by atoms with Crippen LogP contribution in [0.4, 0.5) is 10.5 Å². The number of amides is 1. The second-order valence-electron chi connectivity index (χ2n) is 8.23. The van der Waals surface area contributed by atoms with Gasteiger partial charge in [-0.25, -0.2) is 4.79 Å². The molecule has 0 radical (unpaired) electrons. The number of nitrogens with one attached hydrogen (secondary N) is 2. The predicted molar refractivity (Wildman–Crippen MR) is 143 cm³/mol. The Morgan fingerprint density at radius 3 is 2.54 bits per heavy atom. The standard InChI is InChI=1S/C28H29N3O3S/c1-2-3-8-19-13-15-21(16-14-19)31-28(32)33-18-24(20-9-5-4-6-10-20)34-23-11-7-12-25-22(23)17-26(35-25)27(29)30/h4-7,9-17,24H,2-3,8,18H2,1H3,(H3,29,30)(H,31,32). The number of amidine groups is 1. The maximum absolute atomic E-state index is 12.5. The largest absolute Gasteiger partial charge is 0.481 e. The van der Waals surface area contributed by atoms with Gasteiger partial charge in [0.05, 0.1) is 4.88 Å². The third-order valence-corrected chi connectivity index (χ3v) is 6.75. The van der Waals surface area contributed by atoms with Gasteiger partial charge in [-0.15, -0.1) is 11.3 Å². The molecule has 4 aromatic rings. The number of nitrogens with two attached hydrogens (primary N) is 1. The van der Waals surface area contributed by atoms with E-state index in [2.05, 4.69) is 12.2 Å². The van der Waals surface area contributed by atoms with Crippen LogP contribution in [0.2, 0.25) is 0 Å². The minimum Gasteiger partial charge on any atom is -0.481 e. The normalized spacial score (nSPS) is 11.7. The first-order chi connectivity index (χ1) is 17.0. The fourth-order valence-corrected chi connectivity index (χ4v) is 4.67. The maximum Gasteiger partial charge on any atom is 0.411 e. The molecule has 4 rings (SSSR count). The molecule has 0 aliphatic heterocycles. The average molecular weight is 488 g/mol. The van der Waals surface area contributed by atoms with Gasteiger partial charge >= 0.3 is 6.09 Å². The highest BCUT2D eigenvalue weighted by Gasteiger charge is 2.19. The van der Waals surface area contributed by atoms with Crippen LogP contribution in [0, 0.1) is 5.41 Å². The molecule has 1 heterocycles. The summed E-state index contributed by atoms with van der Waals surface area (Å²) in [4.78, 5) is 13.2. The van der Waals surface area contributed by atoms with Gasteiger partial charge in [-0.3, -0.25) is 10.7 Å². The number of fused-ring (bicyclic) bond motifs is 1. The zero-order valence-corrected chi connectivity index (χ0v) is 20.4. The quantitative estimate of drug-likeness (QED) is 0.167. The van der Waals surface area contributed by atoms with E-state index < -0.39 is 12.2 Å². The first-order valence-corrected chi connectivity index (χ1v) is 12.5. The van der Waals surface area contributed by atoms with E-state index in [0.29, 0.717) is 16.3 Å². The van der Waals surface area contributed by atoms with Crippen LogP contribution in [0.1, 0.15) is 41.9 Å². The molecule has 0 spiro atoms. The molecule has 180 valence electrons. The van der Waals surface area contributed by atoms with Crippen LogP contribution in [0.25, 0.3) is 10.1 Å². The molecular formula is C28H29N3O3S. The number of thiophene rings is 1. The lowest BCUT2D eigenvalue weighted by Gasteiger charge is -2.20. The Morgan fingerprint density at radius 1 is 1.06 bits per heavy atom. The third-order valence-electron chi connectivity index (χ3n) is 5.61. The molecule has 0 aliphatic rings. The van der Waals surface area contributed by atoms with Crippen LogP contribution in [-0.2, 0) is 11.2 Å². The van der Waals surface area contributed by atoms with Crippen LogP contribution in [0.15, 0.2) is 78.9 Å². The SMILES string of the molecule is CCCCc1ccc(NC(=O)OCC(Oc2cccc3sc(C(=N)N)cc23)c2ccccc2)cc1. The summed E-state index contributed by atoms with van der Waals surface area (Å²) in [6, 6.07) is 25.1. The zero-order valence-electron chi connectivity index (χ0n) is 19.6. The topological polar surface area (TPSA) is 97.4 Å². The number of aryl methyl sites for hydroxylation is 1.